The highest BCUT2D eigenvalue weighted by Crippen LogP contribution is 2.12. The molecule has 1 amide bonds. The molecule has 0 radical (unpaired) electrons. The van der Waals surface area contributed by atoms with E-state index in [1.807, 2.05) is 0 Å². The third kappa shape index (κ3) is 5.55. The first-order chi connectivity index (χ1) is 7.34. The normalized spacial score (nSPS) is 18.3. The standard InChI is InChI=1S/C12H22BrNO/c13-9-5-4-8-12(15)14-10-6-2-1-3-7-11-14/h1-11H2. The van der Waals surface area contributed by atoms with Crippen LogP contribution in [0.1, 0.15) is 51.4 Å². The molecule has 1 saturated heterocycles. The fourth-order valence-corrected chi connectivity index (χ4v) is 2.42. The molecule has 0 aliphatic carbocycles. The number of unbranched alkanes of at least 4 members (excludes halogenated alkanes) is 1. The van der Waals surface area contributed by atoms with Crippen molar-refractivity contribution in [1.29, 1.82) is 0 Å². The molecule has 0 saturated carbocycles. The van der Waals surface area contributed by atoms with Crippen LogP contribution in [0.25, 0.3) is 0 Å². The molecular weight excluding hydrogens is 254 g/mol. The molecule has 88 valence electrons. The van der Waals surface area contributed by atoms with Gasteiger partial charge in [-0.3, -0.25) is 4.79 Å². The monoisotopic (exact) mass is 275 g/mol. The Morgan fingerprint density at radius 2 is 1.60 bits per heavy atom. The molecule has 0 aromatic heterocycles. The van der Waals surface area contributed by atoms with Gasteiger partial charge in [0.2, 0.25) is 5.91 Å². The zero-order chi connectivity index (χ0) is 10.9. The van der Waals surface area contributed by atoms with Gasteiger partial charge in [0.05, 0.1) is 0 Å². The molecule has 1 fully saturated rings. The van der Waals surface area contributed by atoms with Crippen molar-refractivity contribution in [3.05, 3.63) is 0 Å². The summed E-state index contributed by atoms with van der Waals surface area (Å²) in [7, 11) is 0. The van der Waals surface area contributed by atoms with Crippen LogP contribution < -0.4 is 0 Å². The fraction of sp³-hybridized carbons (Fsp3) is 0.917. The number of carbonyl (C=O) groups is 1. The van der Waals surface area contributed by atoms with Crippen molar-refractivity contribution < 1.29 is 4.79 Å². The number of nitrogens with zero attached hydrogens (tertiary/aromatic N) is 1. The summed E-state index contributed by atoms with van der Waals surface area (Å²) in [5.74, 6) is 0.373. The van der Waals surface area contributed by atoms with Crippen molar-refractivity contribution in [2.45, 2.75) is 51.4 Å². The van der Waals surface area contributed by atoms with Gasteiger partial charge in [-0.1, -0.05) is 35.2 Å². The summed E-state index contributed by atoms with van der Waals surface area (Å²) in [6.07, 6.45) is 9.22. The van der Waals surface area contributed by atoms with Crippen molar-refractivity contribution in [2.75, 3.05) is 18.4 Å². The Morgan fingerprint density at radius 3 is 2.20 bits per heavy atom. The Morgan fingerprint density at radius 1 is 1.00 bits per heavy atom. The maximum absolute atomic E-state index is 11.8. The molecule has 0 bridgehead atoms. The molecule has 2 nitrogen and oxygen atoms in total. The van der Waals surface area contributed by atoms with E-state index < -0.39 is 0 Å². The van der Waals surface area contributed by atoms with Crippen LogP contribution in [-0.4, -0.2) is 29.2 Å². The number of rotatable bonds is 4. The lowest BCUT2D eigenvalue weighted by Crippen LogP contribution is -2.33. The predicted molar refractivity (Wildman–Crippen MR) is 67.3 cm³/mol. The number of hydrogen-bond acceptors (Lipinski definition) is 1. The van der Waals surface area contributed by atoms with E-state index in [2.05, 4.69) is 20.8 Å². The molecule has 0 N–H and O–H groups in total. The van der Waals surface area contributed by atoms with Gasteiger partial charge in [0.25, 0.3) is 0 Å². The molecule has 0 spiro atoms. The molecule has 0 unspecified atom stereocenters. The minimum absolute atomic E-state index is 0.373. The van der Waals surface area contributed by atoms with E-state index in [0.717, 1.165) is 37.7 Å². The van der Waals surface area contributed by atoms with Gasteiger partial charge in [-0.2, -0.15) is 0 Å². The van der Waals surface area contributed by atoms with Crippen LogP contribution in [0.15, 0.2) is 0 Å². The van der Waals surface area contributed by atoms with Gasteiger partial charge >= 0.3 is 0 Å². The van der Waals surface area contributed by atoms with E-state index in [1.54, 1.807) is 0 Å². The molecule has 3 heteroatoms. The molecule has 0 aromatic carbocycles. The summed E-state index contributed by atoms with van der Waals surface area (Å²) >= 11 is 3.39. The number of amides is 1. The summed E-state index contributed by atoms with van der Waals surface area (Å²) in [5.41, 5.74) is 0. The first-order valence-corrected chi connectivity index (χ1v) is 7.30. The lowest BCUT2D eigenvalue weighted by Gasteiger charge is -2.24. The zero-order valence-electron chi connectivity index (χ0n) is 9.51. The van der Waals surface area contributed by atoms with E-state index in [1.165, 1.54) is 32.1 Å². The van der Waals surface area contributed by atoms with Crippen molar-refractivity contribution >= 4 is 21.8 Å². The minimum Gasteiger partial charge on any atom is -0.343 e. The van der Waals surface area contributed by atoms with Gasteiger partial charge in [-0.05, 0) is 25.7 Å². The summed E-state index contributed by atoms with van der Waals surface area (Å²) in [4.78, 5) is 13.9. The quantitative estimate of drug-likeness (QED) is 0.569. The maximum Gasteiger partial charge on any atom is 0.222 e. The molecule has 1 heterocycles. The Bertz CT molecular complexity index is 176. The van der Waals surface area contributed by atoms with Crippen molar-refractivity contribution in [3.63, 3.8) is 0 Å². The predicted octanol–water partition coefficient (Wildman–Crippen LogP) is 3.34. The molecule has 0 atom stereocenters. The van der Waals surface area contributed by atoms with Gasteiger partial charge in [-0.15, -0.1) is 0 Å². The van der Waals surface area contributed by atoms with Crippen LogP contribution in [0.5, 0.6) is 0 Å². The first kappa shape index (κ1) is 13.0. The van der Waals surface area contributed by atoms with Gasteiger partial charge in [0.1, 0.15) is 0 Å². The highest BCUT2D eigenvalue weighted by Gasteiger charge is 2.13. The van der Waals surface area contributed by atoms with E-state index in [4.69, 9.17) is 0 Å². The molecular formula is C12H22BrNO. The average molecular weight is 276 g/mol. The van der Waals surface area contributed by atoms with Gasteiger partial charge in [0, 0.05) is 24.8 Å². The van der Waals surface area contributed by atoms with Crippen molar-refractivity contribution in [3.8, 4) is 0 Å². The lowest BCUT2D eigenvalue weighted by molar-refractivity contribution is -0.131. The Kier molecular flexibility index (Phi) is 7.07. The van der Waals surface area contributed by atoms with Crippen molar-refractivity contribution in [2.24, 2.45) is 0 Å². The van der Waals surface area contributed by atoms with E-state index in [0.29, 0.717) is 5.91 Å². The van der Waals surface area contributed by atoms with E-state index in [9.17, 15) is 4.79 Å². The molecule has 15 heavy (non-hydrogen) atoms. The smallest absolute Gasteiger partial charge is 0.222 e. The first-order valence-electron chi connectivity index (χ1n) is 6.18. The molecule has 0 aromatic rings. The second-order valence-corrected chi connectivity index (χ2v) is 5.09. The van der Waals surface area contributed by atoms with E-state index in [-0.39, 0.29) is 0 Å². The van der Waals surface area contributed by atoms with Crippen LogP contribution in [0.2, 0.25) is 0 Å². The second kappa shape index (κ2) is 8.14. The van der Waals surface area contributed by atoms with Crippen LogP contribution >= 0.6 is 15.9 Å². The van der Waals surface area contributed by atoms with Gasteiger partial charge in [0.15, 0.2) is 0 Å². The third-order valence-corrected chi connectivity index (χ3v) is 3.54. The Labute approximate surface area is 102 Å². The average Bonchev–Trinajstić information content (AvgIpc) is 2.17. The highest BCUT2D eigenvalue weighted by molar-refractivity contribution is 9.09. The highest BCUT2D eigenvalue weighted by atomic mass is 79.9. The summed E-state index contributed by atoms with van der Waals surface area (Å²) in [6, 6.07) is 0. The minimum atomic E-state index is 0.373. The van der Waals surface area contributed by atoms with Crippen LogP contribution in [-0.2, 0) is 4.79 Å². The van der Waals surface area contributed by atoms with Crippen molar-refractivity contribution in [1.82, 2.24) is 4.90 Å². The van der Waals surface area contributed by atoms with Gasteiger partial charge < -0.3 is 4.90 Å². The number of likely N-dealkylation sites (tertiary alicyclic amines) is 1. The summed E-state index contributed by atoms with van der Waals surface area (Å²) in [5, 5.41) is 1.01. The molecule has 1 rings (SSSR count). The Hall–Kier alpha value is -0.0500. The number of hydrogen-bond donors (Lipinski definition) is 0. The van der Waals surface area contributed by atoms with Crippen LogP contribution in [0.3, 0.4) is 0 Å². The Balaban J connectivity index is 2.22. The lowest BCUT2D eigenvalue weighted by atomic mass is 10.1. The van der Waals surface area contributed by atoms with Crippen LogP contribution in [0.4, 0.5) is 0 Å². The molecule has 1 aliphatic heterocycles. The number of carbonyl (C=O) groups excluding carboxylic acids is 1. The number of alkyl halides is 1. The van der Waals surface area contributed by atoms with Crippen LogP contribution in [0, 0.1) is 0 Å². The summed E-state index contributed by atoms with van der Waals surface area (Å²) in [6.45, 7) is 1.99. The van der Waals surface area contributed by atoms with E-state index >= 15 is 0 Å². The third-order valence-electron chi connectivity index (χ3n) is 2.98. The summed E-state index contributed by atoms with van der Waals surface area (Å²) < 4.78 is 0. The maximum atomic E-state index is 11.8. The largest absolute Gasteiger partial charge is 0.343 e. The zero-order valence-corrected chi connectivity index (χ0v) is 11.1. The topological polar surface area (TPSA) is 20.3 Å². The SMILES string of the molecule is O=C(CCCCBr)N1CCCCCCC1. The number of halogens is 1. The van der Waals surface area contributed by atoms with Gasteiger partial charge in [-0.25, -0.2) is 0 Å². The molecule has 1 aliphatic rings. The second-order valence-electron chi connectivity index (χ2n) is 4.29. The fourth-order valence-electron chi connectivity index (χ4n) is 2.03.